The van der Waals surface area contributed by atoms with Gasteiger partial charge < -0.3 is 5.32 Å². The van der Waals surface area contributed by atoms with Crippen molar-refractivity contribution in [1.29, 1.82) is 0 Å². The molecular formula is C19H22N2O. The molecule has 0 aromatic heterocycles. The van der Waals surface area contributed by atoms with Crippen molar-refractivity contribution in [2.24, 2.45) is 0 Å². The van der Waals surface area contributed by atoms with E-state index in [2.05, 4.69) is 58.7 Å². The summed E-state index contributed by atoms with van der Waals surface area (Å²) >= 11 is 0. The number of carbonyl (C=O) groups excluding carboxylic acids is 1. The molecule has 2 aromatic carbocycles. The molecular weight excluding hydrogens is 272 g/mol. The van der Waals surface area contributed by atoms with E-state index in [4.69, 9.17) is 0 Å². The van der Waals surface area contributed by atoms with Gasteiger partial charge in [0.15, 0.2) is 0 Å². The lowest BCUT2D eigenvalue weighted by Gasteiger charge is -2.34. The first-order valence-electron chi connectivity index (χ1n) is 7.90. The smallest absolute Gasteiger partial charge is 0.220 e. The molecule has 1 fully saturated rings. The van der Waals surface area contributed by atoms with Gasteiger partial charge in [-0.1, -0.05) is 60.7 Å². The Kier molecular flexibility index (Phi) is 4.86. The summed E-state index contributed by atoms with van der Waals surface area (Å²) in [4.78, 5) is 13.9. The average molecular weight is 294 g/mol. The lowest BCUT2D eigenvalue weighted by Crippen LogP contribution is -2.47. The lowest BCUT2D eigenvalue weighted by molar-refractivity contribution is -0.123. The Labute approximate surface area is 132 Å². The van der Waals surface area contributed by atoms with Crippen molar-refractivity contribution < 1.29 is 4.79 Å². The van der Waals surface area contributed by atoms with Gasteiger partial charge in [-0.05, 0) is 17.5 Å². The van der Waals surface area contributed by atoms with E-state index in [0.29, 0.717) is 12.5 Å². The fourth-order valence-corrected chi connectivity index (χ4v) is 2.98. The first-order valence-corrected chi connectivity index (χ1v) is 7.90. The summed E-state index contributed by atoms with van der Waals surface area (Å²) in [5.41, 5.74) is 2.63. The maximum atomic E-state index is 11.4. The molecule has 0 radical (unpaired) electrons. The zero-order valence-electron chi connectivity index (χ0n) is 12.7. The van der Waals surface area contributed by atoms with E-state index in [9.17, 15) is 4.79 Å². The number of rotatable bonds is 5. The van der Waals surface area contributed by atoms with Crippen molar-refractivity contribution >= 4 is 5.91 Å². The van der Waals surface area contributed by atoms with Gasteiger partial charge >= 0.3 is 0 Å². The molecule has 1 N–H and O–H groups in total. The maximum Gasteiger partial charge on any atom is 0.220 e. The largest absolute Gasteiger partial charge is 0.355 e. The second kappa shape index (κ2) is 7.23. The molecule has 3 heteroatoms. The Hall–Kier alpha value is -2.13. The molecule has 1 amide bonds. The Morgan fingerprint density at radius 1 is 0.909 bits per heavy atom. The van der Waals surface area contributed by atoms with Gasteiger partial charge in [-0.3, -0.25) is 9.69 Å². The summed E-state index contributed by atoms with van der Waals surface area (Å²) in [6, 6.07) is 21.5. The van der Waals surface area contributed by atoms with Crippen LogP contribution in [-0.2, 0) is 17.9 Å². The van der Waals surface area contributed by atoms with Crippen LogP contribution in [0.2, 0.25) is 0 Å². The number of hydrogen-bond donors (Lipinski definition) is 1. The third-order valence-electron chi connectivity index (χ3n) is 4.21. The van der Waals surface area contributed by atoms with Crippen molar-refractivity contribution in [3.05, 3.63) is 71.8 Å². The molecule has 1 atom stereocenters. The summed E-state index contributed by atoms with van der Waals surface area (Å²) < 4.78 is 0. The fourth-order valence-electron chi connectivity index (χ4n) is 2.98. The Balaban J connectivity index is 1.74. The van der Waals surface area contributed by atoms with Crippen LogP contribution in [-0.4, -0.2) is 23.4 Å². The SMILES string of the molecule is O=C1CC[C@@H](N(Cc2ccccc2)Cc2ccccc2)CN1. The van der Waals surface area contributed by atoms with Crippen molar-refractivity contribution in [1.82, 2.24) is 10.2 Å². The standard InChI is InChI=1S/C19H22N2O/c22-19-12-11-18(13-20-19)21(14-16-7-3-1-4-8-16)15-17-9-5-2-6-10-17/h1-10,18H,11-15H2,(H,20,22)/t18-/m1/s1. The molecule has 3 nitrogen and oxygen atoms in total. The number of hydrogen-bond acceptors (Lipinski definition) is 2. The topological polar surface area (TPSA) is 32.3 Å². The van der Waals surface area contributed by atoms with Crippen LogP contribution in [0.25, 0.3) is 0 Å². The number of nitrogens with one attached hydrogen (secondary N) is 1. The van der Waals surface area contributed by atoms with Gasteiger partial charge in [-0.2, -0.15) is 0 Å². The molecule has 22 heavy (non-hydrogen) atoms. The van der Waals surface area contributed by atoms with Gasteiger partial charge in [0.1, 0.15) is 0 Å². The number of amides is 1. The maximum absolute atomic E-state index is 11.4. The molecule has 0 unspecified atom stereocenters. The minimum absolute atomic E-state index is 0.177. The van der Waals surface area contributed by atoms with Crippen LogP contribution in [0.15, 0.2) is 60.7 Å². The van der Waals surface area contributed by atoms with Gasteiger partial charge in [0.2, 0.25) is 5.91 Å². The van der Waals surface area contributed by atoms with Gasteiger partial charge in [0, 0.05) is 32.1 Å². The van der Waals surface area contributed by atoms with Crippen LogP contribution in [0.4, 0.5) is 0 Å². The molecule has 0 spiro atoms. The molecule has 0 bridgehead atoms. The Bertz CT molecular complexity index is 546. The van der Waals surface area contributed by atoms with E-state index in [1.54, 1.807) is 0 Å². The summed E-state index contributed by atoms with van der Waals surface area (Å²) in [7, 11) is 0. The van der Waals surface area contributed by atoms with Crippen molar-refractivity contribution in [2.45, 2.75) is 32.0 Å². The van der Waals surface area contributed by atoms with E-state index >= 15 is 0 Å². The molecule has 1 saturated heterocycles. The van der Waals surface area contributed by atoms with E-state index < -0.39 is 0 Å². The van der Waals surface area contributed by atoms with Gasteiger partial charge in [0.05, 0.1) is 0 Å². The summed E-state index contributed by atoms with van der Waals surface area (Å²) in [6.07, 6.45) is 1.57. The highest BCUT2D eigenvalue weighted by Gasteiger charge is 2.24. The third kappa shape index (κ3) is 3.95. The van der Waals surface area contributed by atoms with Crippen molar-refractivity contribution in [3.63, 3.8) is 0 Å². The zero-order chi connectivity index (χ0) is 15.2. The molecule has 1 aliphatic heterocycles. The quantitative estimate of drug-likeness (QED) is 0.919. The minimum atomic E-state index is 0.177. The monoisotopic (exact) mass is 294 g/mol. The summed E-state index contributed by atoms with van der Waals surface area (Å²) in [6.45, 7) is 2.57. The highest BCUT2D eigenvalue weighted by atomic mass is 16.1. The first kappa shape index (κ1) is 14.8. The summed E-state index contributed by atoms with van der Waals surface area (Å²) in [5.74, 6) is 0.177. The average Bonchev–Trinajstić information content (AvgIpc) is 2.57. The highest BCUT2D eigenvalue weighted by molar-refractivity contribution is 5.76. The van der Waals surface area contributed by atoms with E-state index in [1.807, 2.05) is 12.1 Å². The number of piperidine rings is 1. The molecule has 1 heterocycles. The molecule has 0 saturated carbocycles. The normalized spacial score (nSPS) is 18.2. The van der Waals surface area contributed by atoms with E-state index in [-0.39, 0.29) is 5.91 Å². The van der Waals surface area contributed by atoms with Crippen LogP contribution in [0.5, 0.6) is 0 Å². The van der Waals surface area contributed by atoms with Gasteiger partial charge in [-0.25, -0.2) is 0 Å². The predicted octanol–water partition coefficient (Wildman–Crippen LogP) is 2.97. The molecule has 0 aliphatic carbocycles. The minimum Gasteiger partial charge on any atom is -0.355 e. The zero-order valence-corrected chi connectivity index (χ0v) is 12.7. The van der Waals surface area contributed by atoms with Crippen LogP contribution in [0.3, 0.4) is 0 Å². The Morgan fingerprint density at radius 2 is 1.45 bits per heavy atom. The summed E-state index contributed by atoms with van der Waals surface area (Å²) in [5, 5.41) is 3.00. The van der Waals surface area contributed by atoms with Crippen molar-refractivity contribution in [3.8, 4) is 0 Å². The van der Waals surface area contributed by atoms with Crippen LogP contribution in [0.1, 0.15) is 24.0 Å². The molecule has 114 valence electrons. The van der Waals surface area contributed by atoms with Gasteiger partial charge in [-0.15, -0.1) is 0 Å². The molecule has 3 rings (SSSR count). The molecule has 1 aliphatic rings. The van der Waals surface area contributed by atoms with Crippen LogP contribution >= 0.6 is 0 Å². The van der Waals surface area contributed by atoms with Crippen LogP contribution in [0, 0.1) is 0 Å². The first-order chi connectivity index (χ1) is 10.8. The number of carbonyl (C=O) groups is 1. The molecule has 2 aromatic rings. The van der Waals surface area contributed by atoms with Gasteiger partial charge in [0.25, 0.3) is 0 Å². The Morgan fingerprint density at radius 3 is 1.91 bits per heavy atom. The fraction of sp³-hybridized carbons (Fsp3) is 0.316. The van der Waals surface area contributed by atoms with E-state index in [0.717, 1.165) is 26.1 Å². The van der Waals surface area contributed by atoms with E-state index in [1.165, 1.54) is 11.1 Å². The number of nitrogens with zero attached hydrogens (tertiary/aromatic N) is 1. The number of benzene rings is 2. The predicted molar refractivity (Wildman–Crippen MR) is 88.2 cm³/mol. The van der Waals surface area contributed by atoms with Crippen molar-refractivity contribution in [2.75, 3.05) is 6.54 Å². The second-order valence-corrected chi connectivity index (χ2v) is 5.87. The highest BCUT2D eigenvalue weighted by Crippen LogP contribution is 2.18. The third-order valence-corrected chi connectivity index (χ3v) is 4.21. The second-order valence-electron chi connectivity index (χ2n) is 5.87. The van der Waals surface area contributed by atoms with Crippen LogP contribution < -0.4 is 5.32 Å². The lowest BCUT2D eigenvalue weighted by atomic mass is 10.0.